The van der Waals surface area contributed by atoms with E-state index in [4.69, 9.17) is 4.74 Å². The highest BCUT2D eigenvalue weighted by molar-refractivity contribution is 8.00. The molecule has 0 saturated heterocycles. The van der Waals surface area contributed by atoms with Gasteiger partial charge in [0.25, 0.3) is 5.91 Å². The molecule has 1 atom stereocenters. The van der Waals surface area contributed by atoms with Crippen LogP contribution in [0.4, 0.5) is 5.00 Å². The van der Waals surface area contributed by atoms with E-state index in [1.807, 2.05) is 73.8 Å². The van der Waals surface area contributed by atoms with Crippen LogP contribution in [0.3, 0.4) is 0 Å². The zero-order valence-electron chi connectivity index (χ0n) is 24.1. The molecule has 43 heavy (non-hydrogen) atoms. The Bertz CT molecular complexity index is 1840. The molecule has 5 aromatic rings. The molecular weight excluding hydrogens is 579 g/mol. The molecule has 0 aliphatic heterocycles. The number of esters is 1. The van der Waals surface area contributed by atoms with Gasteiger partial charge >= 0.3 is 5.97 Å². The number of fused-ring (bicyclic) bond motifs is 3. The fourth-order valence-electron chi connectivity index (χ4n) is 5.58. The molecule has 0 bridgehead atoms. The van der Waals surface area contributed by atoms with Crippen LogP contribution < -0.4 is 10.6 Å². The van der Waals surface area contributed by atoms with Crippen molar-refractivity contribution in [3.63, 3.8) is 0 Å². The van der Waals surface area contributed by atoms with Crippen molar-refractivity contribution in [1.82, 2.24) is 9.88 Å². The molecule has 6 rings (SSSR count). The number of carbonyl (C=O) groups is 3. The fourth-order valence-corrected chi connectivity index (χ4v) is 7.90. The number of hydrogen-bond acceptors (Lipinski definition) is 6. The van der Waals surface area contributed by atoms with Gasteiger partial charge in [-0.3, -0.25) is 9.59 Å². The zero-order valence-corrected chi connectivity index (χ0v) is 25.8. The first kappa shape index (κ1) is 29.0. The summed E-state index contributed by atoms with van der Waals surface area (Å²) in [5.41, 5.74) is 3.22. The maximum atomic E-state index is 13.4. The standard InChI is InChI=1S/C34H33N3O4S2/c1-3-41-34(40)30-26-12-8-14-28(26)43-33(30)36-31(38)21(2)42-29-20-37(27-13-7-6-11-25(27)29)18-17-35-32(39)24-16-15-22-9-4-5-10-23(22)19-24/h4-7,9-11,13,15-16,19-21H,3,8,12,14,17-18H2,1-2H3,(H,35,39)(H,36,38). The van der Waals surface area contributed by atoms with E-state index in [-0.39, 0.29) is 17.8 Å². The van der Waals surface area contributed by atoms with E-state index >= 15 is 0 Å². The number of nitrogens with one attached hydrogen (secondary N) is 2. The molecule has 2 heterocycles. The van der Waals surface area contributed by atoms with Crippen LogP contribution in [-0.2, 0) is 28.9 Å². The lowest BCUT2D eigenvalue weighted by atomic mass is 10.1. The predicted molar refractivity (Wildman–Crippen MR) is 174 cm³/mol. The van der Waals surface area contributed by atoms with Gasteiger partial charge in [0.15, 0.2) is 0 Å². The number of ether oxygens (including phenoxy) is 1. The smallest absolute Gasteiger partial charge is 0.341 e. The molecular formula is C34H33N3O4S2. The van der Waals surface area contributed by atoms with E-state index in [1.54, 1.807) is 6.92 Å². The number of rotatable bonds is 10. The minimum absolute atomic E-state index is 0.108. The third kappa shape index (κ3) is 6.05. The average molecular weight is 612 g/mol. The number of thioether (sulfide) groups is 1. The Morgan fingerprint density at radius 3 is 2.65 bits per heavy atom. The Morgan fingerprint density at radius 2 is 1.81 bits per heavy atom. The predicted octanol–water partition coefficient (Wildman–Crippen LogP) is 7.07. The molecule has 220 valence electrons. The van der Waals surface area contributed by atoms with Crippen LogP contribution in [0.1, 0.15) is 51.4 Å². The summed E-state index contributed by atoms with van der Waals surface area (Å²) in [7, 11) is 0. The van der Waals surface area contributed by atoms with Crippen LogP contribution in [0.25, 0.3) is 21.7 Å². The largest absolute Gasteiger partial charge is 0.462 e. The number of aryl methyl sites for hydroxylation is 1. The van der Waals surface area contributed by atoms with Gasteiger partial charge < -0.3 is 19.9 Å². The van der Waals surface area contributed by atoms with Gasteiger partial charge in [-0.15, -0.1) is 23.1 Å². The minimum atomic E-state index is -0.404. The van der Waals surface area contributed by atoms with Gasteiger partial charge in [-0.25, -0.2) is 4.79 Å². The number of benzene rings is 3. The lowest BCUT2D eigenvalue weighted by molar-refractivity contribution is -0.115. The van der Waals surface area contributed by atoms with Crippen LogP contribution >= 0.6 is 23.1 Å². The topological polar surface area (TPSA) is 89.4 Å². The normalized spacial score (nSPS) is 13.2. The summed E-state index contributed by atoms with van der Waals surface area (Å²) in [4.78, 5) is 41.1. The molecule has 2 amide bonds. The number of hydrogen-bond donors (Lipinski definition) is 2. The SMILES string of the molecule is CCOC(=O)c1c(NC(=O)C(C)Sc2cn(CCNC(=O)c3ccc4ccccc4c3)c3ccccc23)sc2c1CCC2. The first-order chi connectivity index (χ1) is 20.9. The first-order valence-corrected chi connectivity index (χ1v) is 16.3. The summed E-state index contributed by atoms with van der Waals surface area (Å²) >= 11 is 2.97. The Hall–Kier alpha value is -4.08. The quantitative estimate of drug-likeness (QED) is 0.130. The fraction of sp³-hybridized carbons (Fsp3) is 0.265. The Balaban J connectivity index is 1.13. The number of carbonyl (C=O) groups excluding carboxylic acids is 3. The van der Waals surface area contributed by atoms with Crippen LogP contribution in [0.15, 0.2) is 77.8 Å². The van der Waals surface area contributed by atoms with E-state index < -0.39 is 5.25 Å². The summed E-state index contributed by atoms with van der Waals surface area (Å²) in [6.07, 6.45) is 4.83. The van der Waals surface area contributed by atoms with Gasteiger partial charge in [0, 0.05) is 45.5 Å². The second-order valence-electron chi connectivity index (χ2n) is 10.6. The Morgan fingerprint density at radius 1 is 1.02 bits per heavy atom. The van der Waals surface area contributed by atoms with Crippen LogP contribution in [-0.4, -0.2) is 40.8 Å². The Labute approximate surface area is 258 Å². The molecule has 0 spiro atoms. The molecule has 0 radical (unpaired) electrons. The van der Waals surface area contributed by atoms with Gasteiger partial charge in [-0.2, -0.15) is 0 Å². The lowest BCUT2D eigenvalue weighted by Gasteiger charge is -2.12. The van der Waals surface area contributed by atoms with Crippen molar-refractivity contribution in [2.75, 3.05) is 18.5 Å². The molecule has 9 heteroatoms. The van der Waals surface area contributed by atoms with Crippen molar-refractivity contribution >= 4 is 67.6 Å². The summed E-state index contributed by atoms with van der Waals surface area (Å²) < 4.78 is 7.43. The third-order valence-corrected chi connectivity index (χ3v) is 10.1. The summed E-state index contributed by atoms with van der Waals surface area (Å²) in [6, 6.07) is 21.8. The monoisotopic (exact) mass is 611 g/mol. The summed E-state index contributed by atoms with van der Waals surface area (Å²) in [6.45, 7) is 5.01. The van der Waals surface area contributed by atoms with Gasteiger partial charge in [-0.1, -0.05) is 48.5 Å². The van der Waals surface area contributed by atoms with E-state index in [1.165, 1.54) is 23.1 Å². The van der Waals surface area contributed by atoms with Crippen LogP contribution in [0.2, 0.25) is 0 Å². The van der Waals surface area contributed by atoms with E-state index in [0.717, 1.165) is 56.3 Å². The van der Waals surface area contributed by atoms with Gasteiger partial charge in [0.05, 0.1) is 17.4 Å². The van der Waals surface area contributed by atoms with Crippen molar-refractivity contribution in [2.24, 2.45) is 0 Å². The van der Waals surface area contributed by atoms with E-state index in [2.05, 4.69) is 21.3 Å². The van der Waals surface area contributed by atoms with Crippen molar-refractivity contribution in [2.45, 2.75) is 49.8 Å². The summed E-state index contributed by atoms with van der Waals surface area (Å²) in [5, 5.41) is 9.45. The lowest BCUT2D eigenvalue weighted by Crippen LogP contribution is -2.27. The first-order valence-electron chi connectivity index (χ1n) is 14.6. The second kappa shape index (κ2) is 12.7. The molecule has 3 aromatic carbocycles. The molecule has 2 aromatic heterocycles. The highest BCUT2D eigenvalue weighted by atomic mass is 32.2. The molecule has 2 N–H and O–H groups in total. The number of aromatic nitrogens is 1. The average Bonchev–Trinajstić information content (AvgIpc) is 3.70. The third-order valence-electron chi connectivity index (χ3n) is 7.71. The minimum Gasteiger partial charge on any atom is -0.462 e. The van der Waals surface area contributed by atoms with E-state index in [0.29, 0.717) is 35.8 Å². The molecule has 0 fully saturated rings. The number of nitrogens with zero attached hydrogens (tertiary/aromatic N) is 1. The molecule has 1 unspecified atom stereocenters. The molecule has 0 saturated carbocycles. The highest BCUT2D eigenvalue weighted by Crippen LogP contribution is 2.40. The van der Waals surface area contributed by atoms with Gasteiger partial charge in [0.1, 0.15) is 5.00 Å². The highest BCUT2D eigenvalue weighted by Gasteiger charge is 2.29. The van der Waals surface area contributed by atoms with Crippen LogP contribution in [0, 0.1) is 0 Å². The maximum Gasteiger partial charge on any atom is 0.341 e. The van der Waals surface area contributed by atoms with Gasteiger partial charge in [-0.05, 0) is 67.6 Å². The van der Waals surface area contributed by atoms with Crippen molar-refractivity contribution in [1.29, 1.82) is 0 Å². The number of para-hydroxylation sites is 1. The number of thiophene rings is 1. The maximum absolute atomic E-state index is 13.4. The molecule has 1 aliphatic carbocycles. The number of anilines is 1. The van der Waals surface area contributed by atoms with Crippen molar-refractivity contribution < 1.29 is 19.1 Å². The summed E-state index contributed by atoms with van der Waals surface area (Å²) in [5.74, 6) is -0.632. The van der Waals surface area contributed by atoms with Gasteiger partial charge in [0.2, 0.25) is 5.91 Å². The number of amides is 2. The zero-order chi connectivity index (χ0) is 29.9. The van der Waals surface area contributed by atoms with Crippen molar-refractivity contribution in [3.8, 4) is 0 Å². The van der Waals surface area contributed by atoms with E-state index in [9.17, 15) is 14.4 Å². The van der Waals surface area contributed by atoms with Crippen LogP contribution in [0.5, 0.6) is 0 Å². The molecule has 7 nitrogen and oxygen atoms in total. The van der Waals surface area contributed by atoms with Crippen molar-refractivity contribution in [3.05, 3.63) is 94.5 Å². The second-order valence-corrected chi connectivity index (χ2v) is 13.0. The Kier molecular flexibility index (Phi) is 8.54. The molecule has 1 aliphatic rings.